The Labute approximate surface area is 122 Å². The highest BCUT2D eigenvalue weighted by atomic mass is 16.6. The van der Waals surface area contributed by atoms with Crippen molar-refractivity contribution in [3.63, 3.8) is 0 Å². The van der Waals surface area contributed by atoms with Crippen molar-refractivity contribution in [1.29, 1.82) is 0 Å². The number of aliphatic carboxylic acids is 1. The highest BCUT2D eigenvalue weighted by molar-refractivity contribution is 6.00. The van der Waals surface area contributed by atoms with Gasteiger partial charge in [-0.1, -0.05) is 19.1 Å². The third-order valence-electron chi connectivity index (χ3n) is 3.10. The van der Waals surface area contributed by atoms with Crippen LogP contribution in [0.3, 0.4) is 0 Å². The Kier molecular flexibility index (Phi) is 5.98. The first-order valence-corrected chi connectivity index (χ1v) is 6.61. The summed E-state index contributed by atoms with van der Waals surface area (Å²) in [5.74, 6) is -1.32. The first kappa shape index (κ1) is 16.8. The molecule has 7 nitrogen and oxygen atoms in total. The van der Waals surface area contributed by atoms with Gasteiger partial charge < -0.3 is 10.4 Å². The van der Waals surface area contributed by atoms with Gasteiger partial charge in [0.15, 0.2) is 5.78 Å². The van der Waals surface area contributed by atoms with Crippen LogP contribution in [0.25, 0.3) is 0 Å². The van der Waals surface area contributed by atoms with Gasteiger partial charge in [-0.15, -0.1) is 0 Å². The molecule has 0 saturated heterocycles. The SMILES string of the molecule is CCNC(CCC(=O)O)C(=O)c1ccc(C)c([N+](=O)[O-])c1. The van der Waals surface area contributed by atoms with E-state index >= 15 is 0 Å². The number of benzene rings is 1. The van der Waals surface area contributed by atoms with E-state index in [0.717, 1.165) is 0 Å². The minimum absolute atomic E-state index is 0.116. The molecule has 1 rings (SSSR count). The molecule has 1 aromatic carbocycles. The maximum Gasteiger partial charge on any atom is 0.303 e. The van der Waals surface area contributed by atoms with Crippen LogP contribution in [0.5, 0.6) is 0 Å². The summed E-state index contributed by atoms with van der Waals surface area (Å²) in [4.78, 5) is 33.4. The predicted molar refractivity (Wildman–Crippen MR) is 76.5 cm³/mol. The van der Waals surface area contributed by atoms with Crippen molar-refractivity contribution in [2.45, 2.75) is 32.7 Å². The molecular formula is C14H18N2O5. The third kappa shape index (κ3) is 4.64. The molecule has 0 aliphatic heterocycles. The number of Topliss-reactive ketones (excluding diaryl/α,β-unsaturated/α-hetero) is 1. The number of hydrogen-bond donors (Lipinski definition) is 2. The number of aryl methyl sites for hydroxylation is 1. The molecule has 0 amide bonds. The monoisotopic (exact) mass is 294 g/mol. The van der Waals surface area contributed by atoms with Crippen LogP contribution >= 0.6 is 0 Å². The summed E-state index contributed by atoms with van der Waals surface area (Å²) in [6, 6.07) is 3.62. The van der Waals surface area contributed by atoms with Gasteiger partial charge in [-0.3, -0.25) is 19.7 Å². The number of hydrogen-bond acceptors (Lipinski definition) is 5. The molecule has 7 heteroatoms. The van der Waals surface area contributed by atoms with Gasteiger partial charge in [0.05, 0.1) is 11.0 Å². The van der Waals surface area contributed by atoms with Crippen LogP contribution in [0.4, 0.5) is 5.69 Å². The number of carbonyl (C=O) groups is 2. The molecule has 114 valence electrons. The number of nitrogens with one attached hydrogen (secondary N) is 1. The van der Waals surface area contributed by atoms with Crippen molar-refractivity contribution in [3.8, 4) is 0 Å². The summed E-state index contributed by atoms with van der Waals surface area (Å²) in [6.45, 7) is 3.90. The number of carbonyl (C=O) groups excluding carboxylic acids is 1. The zero-order valence-corrected chi connectivity index (χ0v) is 12.0. The number of nitrogens with zero attached hydrogens (tertiary/aromatic N) is 1. The van der Waals surface area contributed by atoms with Gasteiger partial charge in [-0.05, 0) is 19.9 Å². The quantitative estimate of drug-likeness (QED) is 0.430. The maximum atomic E-state index is 12.4. The van der Waals surface area contributed by atoms with Crippen LogP contribution in [0.2, 0.25) is 0 Å². The van der Waals surface area contributed by atoms with Gasteiger partial charge in [0, 0.05) is 23.6 Å². The van der Waals surface area contributed by atoms with E-state index in [9.17, 15) is 19.7 Å². The Hall–Kier alpha value is -2.28. The highest BCUT2D eigenvalue weighted by Crippen LogP contribution is 2.20. The minimum atomic E-state index is -0.986. The Morgan fingerprint density at radius 2 is 2.10 bits per heavy atom. The first-order chi connectivity index (χ1) is 9.86. The lowest BCUT2D eigenvalue weighted by Gasteiger charge is -2.15. The zero-order chi connectivity index (χ0) is 16.0. The fourth-order valence-corrected chi connectivity index (χ4v) is 2.00. The molecule has 0 spiro atoms. The molecule has 1 unspecified atom stereocenters. The molecule has 0 aliphatic rings. The van der Waals surface area contributed by atoms with E-state index in [4.69, 9.17) is 5.11 Å². The van der Waals surface area contributed by atoms with E-state index < -0.39 is 16.9 Å². The molecule has 1 atom stereocenters. The molecule has 21 heavy (non-hydrogen) atoms. The Morgan fingerprint density at radius 3 is 2.62 bits per heavy atom. The molecule has 0 heterocycles. The van der Waals surface area contributed by atoms with E-state index in [2.05, 4.69) is 5.32 Å². The summed E-state index contributed by atoms with van der Waals surface area (Å²) in [5, 5.41) is 22.5. The molecule has 0 aliphatic carbocycles. The second-order valence-corrected chi connectivity index (χ2v) is 4.67. The minimum Gasteiger partial charge on any atom is -0.481 e. The van der Waals surface area contributed by atoms with Crippen LogP contribution in [0, 0.1) is 17.0 Å². The van der Waals surface area contributed by atoms with Crippen molar-refractivity contribution >= 4 is 17.4 Å². The number of likely N-dealkylation sites (N-methyl/N-ethyl adjacent to an activating group) is 1. The first-order valence-electron chi connectivity index (χ1n) is 6.61. The number of carboxylic acid groups (broad SMARTS) is 1. The summed E-state index contributed by atoms with van der Waals surface area (Å²) in [7, 11) is 0. The molecule has 2 N–H and O–H groups in total. The molecule has 0 radical (unpaired) electrons. The Bertz CT molecular complexity index is 556. The number of nitro benzene ring substituents is 1. The van der Waals surface area contributed by atoms with Gasteiger partial charge in [0.25, 0.3) is 5.69 Å². The Balaban J connectivity index is 3.00. The number of nitro groups is 1. The standard InChI is InChI=1S/C14H18N2O5/c1-3-15-11(6-7-13(17)18)14(19)10-5-4-9(2)12(8-10)16(20)21/h4-5,8,11,15H,3,6-7H2,1-2H3,(H,17,18). The Morgan fingerprint density at radius 1 is 1.43 bits per heavy atom. The predicted octanol–water partition coefficient (Wildman–Crippen LogP) is 1.93. The fourth-order valence-electron chi connectivity index (χ4n) is 2.00. The van der Waals surface area contributed by atoms with Gasteiger partial charge in [0.1, 0.15) is 0 Å². The van der Waals surface area contributed by atoms with Gasteiger partial charge >= 0.3 is 5.97 Å². The van der Waals surface area contributed by atoms with Crippen molar-refractivity contribution in [2.75, 3.05) is 6.54 Å². The molecular weight excluding hydrogens is 276 g/mol. The number of carboxylic acids is 1. The van der Waals surface area contributed by atoms with Gasteiger partial charge in [-0.2, -0.15) is 0 Å². The summed E-state index contributed by atoms with van der Waals surface area (Å²) >= 11 is 0. The van der Waals surface area contributed by atoms with Crippen LogP contribution in [-0.4, -0.2) is 34.4 Å². The second-order valence-electron chi connectivity index (χ2n) is 4.67. The third-order valence-corrected chi connectivity index (χ3v) is 3.10. The molecule has 1 aromatic rings. The lowest BCUT2D eigenvalue weighted by Crippen LogP contribution is -2.37. The van der Waals surface area contributed by atoms with Crippen LogP contribution < -0.4 is 5.32 Å². The normalized spacial score (nSPS) is 11.9. The fraction of sp³-hybridized carbons (Fsp3) is 0.429. The van der Waals surface area contributed by atoms with E-state index in [1.54, 1.807) is 13.8 Å². The van der Waals surface area contributed by atoms with Crippen molar-refractivity contribution in [2.24, 2.45) is 0 Å². The largest absolute Gasteiger partial charge is 0.481 e. The summed E-state index contributed by atoms with van der Waals surface area (Å²) in [6.07, 6.45) is 0.00103. The molecule has 0 fully saturated rings. The number of ketones is 1. The molecule has 0 bridgehead atoms. The topological polar surface area (TPSA) is 110 Å². The van der Waals surface area contributed by atoms with Crippen molar-refractivity contribution in [3.05, 3.63) is 39.4 Å². The summed E-state index contributed by atoms with van der Waals surface area (Å²) < 4.78 is 0. The van der Waals surface area contributed by atoms with Crippen LogP contribution in [0.1, 0.15) is 35.7 Å². The van der Waals surface area contributed by atoms with Crippen LogP contribution in [-0.2, 0) is 4.79 Å². The highest BCUT2D eigenvalue weighted by Gasteiger charge is 2.22. The average Bonchev–Trinajstić information content (AvgIpc) is 2.42. The van der Waals surface area contributed by atoms with E-state index in [0.29, 0.717) is 12.1 Å². The van der Waals surface area contributed by atoms with Gasteiger partial charge in [-0.25, -0.2) is 0 Å². The molecule has 0 saturated carbocycles. The van der Waals surface area contributed by atoms with Crippen molar-refractivity contribution < 1.29 is 19.6 Å². The maximum absolute atomic E-state index is 12.4. The summed E-state index contributed by atoms with van der Waals surface area (Å²) in [5.41, 5.74) is 0.569. The molecule has 0 aromatic heterocycles. The average molecular weight is 294 g/mol. The van der Waals surface area contributed by atoms with Crippen molar-refractivity contribution in [1.82, 2.24) is 5.32 Å². The van der Waals surface area contributed by atoms with E-state index in [-0.39, 0.29) is 29.9 Å². The zero-order valence-electron chi connectivity index (χ0n) is 12.0. The smallest absolute Gasteiger partial charge is 0.303 e. The van der Waals surface area contributed by atoms with E-state index in [1.807, 2.05) is 0 Å². The number of rotatable bonds is 8. The van der Waals surface area contributed by atoms with E-state index in [1.165, 1.54) is 18.2 Å². The van der Waals surface area contributed by atoms with Crippen LogP contribution in [0.15, 0.2) is 18.2 Å². The second kappa shape index (κ2) is 7.49. The lowest BCUT2D eigenvalue weighted by molar-refractivity contribution is -0.385. The lowest BCUT2D eigenvalue weighted by atomic mass is 9.98. The van der Waals surface area contributed by atoms with Gasteiger partial charge in [0.2, 0.25) is 0 Å².